The van der Waals surface area contributed by atoms with Crippen LogP contribution in [-0.2, 0) is 13.1 Å². The van der Waals surface area contributed by atoms with Crippen LogP contribution >= 0.6 is 15.9 Å². The highest BCUT2D eigenvalue weighted by molar-refractivity contribution is 9.10. The van der Waals surface area contributed by atoms with Gasteiger partial charge in [0.15, 0.2) is 0 Å². The molecule has 0 spiro atoms. The zero-order valence-electron chi connectivity index (χ0n) is 13.4. The molecule has 0 saturated heterocycles. The van der Waals surface area contributed by atoms with Crippen molar-refractivity contribution in [3.8, 4) is 0 Å². The van der Waals surface area contributed by atoms with E-state index >= 15 is 0 Å². The lowest BCUT2D eigenvalue weighted by Crippen LogP contribution is -2.20. The lowest BCUT2D eigenvalue weighted by molar-refractivity contribution is 0.517. The van der Waals surface area contributed by atoms with Crippen LogP contribution < -0.4 is 5.32 Å². The van der Waals surface area contributed by atoms with Gasteiger partial charge < -0.3 is 9.88 Å². The number of nitrogens with zero attached hydrogens (tertiary/aromatic N) is 1. The standard InChI is InChI=1S/C18H25BrN2/c1-5-18(15-7-9-17(19)10-8-15)20-12-16-11-13(3)21(6-2)14(16)4/h7-11,18,20H,5-6,12H2,1-4H3. The Morgan fingerprint density at radius 3 is 2.33 bits per heavy atom. The maximum absolute atomic E-state index is 3.70. The van der Waals surface area contributed by atoms with Crippen LogP contribution in [0.5, 0.6) is 0 Å². The fraction of sp³-hybridized carbons (Fsp3) is 0.444. The summed E-state index contributed by atoms with van der Waals surface area (Å²) in [6, 6.07) is 11.3. The molecule has 1 aromatic heterocycles. The van der Waals surface area contributed by atoms with Crippen molar-refractivity contribution in [3.63, 3.8) is 0 Å². The van der Waals surface area contributed by atoms with Crippen LogP contribution in [0.1, 0.15) is 48.8 Å². The van der Waals surface area contributed by atoms with E-state index in [2.05, 4.69) is 83.8 Å². The Balaban J connectivity index is 2.08. The molecule has 3 heteroatoms. The van der Waals surface area contributed by atoms with Gasteiger partial charge in [0, 0.05) is 35.0 Å². The highest BCUT2D eigenvalue weighted by atomic mass is 79.9. The summed E-state index contributed by atoms with van der Waals surface area (Å²) in [7, 11) is 0. The van der Waals surface area contributed by atoms with E-state index in [9.17, 15) is 0 Å². The van der Waals surface area contributed by atoms with Crippen molar-refractivity contribution in [1.29, 1.82) is 0 Å². The minimum absolute atomic E-state index is 0.405. The van der Waals surface area contributed by atoms with E-state index in [-0.39, 0.29) is 0 Å². The molecule has 0 radical (unpaired) electrons. The van der Waals surface area contributed by atoms with Crippen LogP contribution in [0.15, 0.2) is 34.8 Å². The molecule has 2 nitrogen and oxygen atoms in total. The minimum Gasteiger partial charge on any atom is -0.349 e. The third kappa shape index (κ3) is 3.78. The SMILES string of the molecule is CCC(NCc1cc(C)n(CC)c1C)c1ccc(Br)cc1. The topological polar surface area (TPSA) is 17.0 Å². The van der Waals surface area contributed by atoms with Crippen LogP contribution in [0.4, 0.5) is 0 Å². The Morgan fingerprint density at radius 2 is 1.81 bits per heavy atom. The van der Waals surface area contributed by atoms with E-state index < -0.39 is 0 Å². The second kappa shape index (κ2) is 7.28. The van der Waals surface area contributed by atoms with Gasteiger partial charge in [-0.3, -0.25) is 0 Å². The predicted molar refractivity (Wildman–Crippen MR) is 93.6 cm³/mol. The molecule has 1 atom stereocenters. The van der Waals surface area contributed by atoms with Crippen molar-refractivity contribution >= 4 is 15.9 Å². The largest absolute Gasteiger partial charge is 0.349 e. The van der Waals surface area contributed by atoms with Crippen LogP contribution in [0.25, 0.3) is 0 Å². The highest BCUT2D eigenvalue weighted by Crippen LogP contribution is 2.21. The van der Waals surface area contributed by atoms with Gasteiger partial charge in [-0.05, 0) is 56.5 Å². The molecule has 0 fully saturated rings. The lowest BCUT2D eigenvalue weighted by atomic mass is 10.0. The van der Waals surface area contributed by atoms with E-state index in [0.29, 0.717) is 6.04 Å². The Hall–Kier alpha value is -1.06. The summed E-state index contributed by atoms with van der Waals surface area (Å²) in [5, 5.41) is 3.70. The van der Waals surface area contributed by atoms with E-state index in [0.717, 1.165) is 24.0 Å². The summed E-state index contributed by atoms with van der Waals surface area (Å²) in [5.41, 5.74) is 5.49. The van der Waals surface area contributed by atoms with Crippen LogP contribution in [-0.4, -0.2) is 4.57 Å². The minimum atomic E-state index is 0.405. The molecular formula is C18H25BrN2. The molecule has 0 aliphatic rings. The smallest absolute Gasteiger partial charge is 0.0320 e. The van der Waals surface area contributed by atoms with Gasteiger partial charge >= 0.3 is 0 Å². The van der Waals surface area contributed by atoms with Crippen molar-refractivity contribution in [2.75, 3.05) is 0 Å². The zero-order chi connectivity index (χ0) is 15.4. The number of benzene rings is 1. The van der Waals surface area contributed by atoms with Gasteiger partial charge in [-0.2, -0.15) is 0 Å². The van der Waals surface area contributed by atoms with Gasteiger partial charge in [-0.25, -0.2) is 0 Å². The molecule has 1 unspecified atom stereocenters. The number of hydrogen-bond donors (Lipinski definition) is 1. The zero-order valence-corrected chi connectivity index (χ0v) is 15.0. The van der Waals surface area contributed by atoms with Crippen LogP contribution in [0.3, 0.4) is 0 Å². The van der Waals surface area contributed by atoms with Crippen molar-refractivity contribution in [3.05, 3.63) is 57.3 Å². The van der Waals surface area contributed by atoms with Gasteiger partial charge in [-0.1, -0.05) is 35.0 Å². The van der Waals surface area contributed by atoms with E-state index in [4.69, 9.17) is 0 Å². The van der Waals surface area contributed by atoms with Gasteiger partial charge in [0.1, 0.15) is 0 Å². The summed E-state index contributed by atoms with van der Waals surface area (Å²) in [5.74, 6) is 0. The molecule has 1 aromatic carbocycles. The second-order valence-corrected chi connectivity index (χ2v) is 6.45. The fourth-order valence-electron chi connectivity index (χ4n) is 2.96. The molecule has 114 valence electrons. The Labute approximate surface area is 136 Å². The van der Waals surface area contributed by atoms with Crippen molar-refractivity contribution in [2.24, 2.45) is 0 Å². The molecule has 0 bridgehead atoms. The second-order valence-electron chi connectivity index (χ2n) is 5.53. The Bertz CT molecular complexity index is 584. The molecule has 2 aromatic rings. The maximum Gasteiger partial charge on any atom is 0.0320 e. The summed E-state index contributed by atoms with van der Waals surface area (Å²) >= 11 is 3.50. The molecule has 1 heterocycles. The molecule has 0 aliphatic heterocycles. The first-order valence-electron chi connectivity index (χ1n) is 7.71. The number of nitrogens with one attached hydrogen (secondary N) is 1. The first kappa shape index (κ1) is 16.3. The number of aryl methyl sites for hydroxylation is 1. The predicted octanol–water partition coefficient (Wildman–Crippen LogP) is 5.13. The molecule has 2 rings (SSSR count). The Morgan fingerprint density at radius 1 is 1.14 bits per heavy atom. The van der Waals surface area contributed by atoms with Gasteiger partial charge in [-0.15, -0.1) is 0 Å². The third-order valence-corrected chi connectivity index (χ3v) is 4.74. The van der Waals surface area contributed by atoms with Gasteiger partial charge in [0.25, 0.3) is 0 Å². The molecule has 21 heavy (non-hydrogen) atoms. The highest BCUT2D eigenvalue weighted by Gasteiger charge is 2.12. The number of rotatable bonds is 6. The quantitative estimate of drug-likeness (QED) is 0.765. The average Bonchev–Trinajstić information content (AvgIpc) is 2.75. The average molecular weight is 349 g/mol. The molecular weight excluding hydrogens is 324 g/mol. The van der Waals surface area contributed by atoms with E-state index in [1.165, 1.54) is 22.5 Å². The number of aromatic nitrogens is 1. The Kier molecular flexibility index (Phi) is 5.65. The first-order valence-corrected chi connectivity index (χ1v) is 8.50. The molecule has 0 amide bonds. The van der Waals surface area contributed by atoms with Gasteiger partial charge in [0.05, 0.1) is 0 Å². The normalized spacial score (nSPS) is 12.6. The van der Waals surface area contributed by atoms with Crippen molar-refractivity contribution in [2.45, 2.75) is 53.2 Å². The third-order valence-electron chi connectivity index (χ3n) is 4.21. The van der Waals surface area contributed by atoms with E-state index in [1.54, 1.807) is 0 Å². The summed E-state index contributed by atoms with van der Waals surface area (Å²) < 4.78 is 3.50. The van der Waals surface area contributed by atoms with Crippen molar-refractivity contribution < 1.29 is 0 Å². The molecule has 0 aliphatic carbocycles. The molecule has 0 saturated carbocycles. The van der Waals surface area contributed by atoms with Crippen LogP contribution in [0, 0.1) is 13.8 Å². The number of halogens is 1. The van der Waals surface area contributed by atoms with Crippen molar-refractivity contribution in [1.82, 2.24) is 9.88 Å². The first-order chi connectivity index (χ1) is 10.1. The summed E-state index contributed by atoms with van der Waals surface area (Å²) in [6.07, 6.45) is 1.09. The maximum atomic E-state index is 3.70. The van der Waals surface area contributed by atoms with Crippen LogP contribution in [0.2, 0.25) is 0 Å². The summed E-state index contributed by atoms with van der Waals surface area (Å²) in [6.45, 7) is 10.8. The summed E-state index contributed by atoms with van der Waals surface area (Å²) in [4.78, 5) is 0. The van der Waals surface area contributed by atoms with E-state index in [1.807, 2.05) is 0 Å². The van der Waals surface area contributed by atoms with Gasteiger partial charge in [0.2, 0.25) is 0 Å². The molecule has 1 N–H and O–H groups in total. The lowest BCUT2D eigenvalue weighted by Gasteiger charge is -2.18. The number of hydrogen-bond acceptors (Lipinski definition) is 1. The monoisotopic (exact) mass is 348 g/mol. The fourth-order valence-corrected chi connectivity index (χ4v) is 3.23.